The molecule has 0 atom stereocenters. The second-order valence-corrected chi connectivity index (χ2v) is 11.7. The predicted octanol–water partition coefficient (Wildman–Crippen LogP) is 11.8. The van der Waals surface area contributed by atoms with Gasteiger partial charge in [0, 0.05) is 16.5 Å². The van der Waals surface area contributed by atoms with Gasteiger partial charge in [0.05, 0.1) is 5.51 Å². The van der Waals surface area contributed by atoms with Crippen molar-refractivity contribution in [3.05, 3.63) is 39.0 Å². The first-order valence-corrected chi connectivity index (χ1v) is 16.6. The summed E-state index contributed by atoms with van der Waals surface area (Å²) in [5.74, 6) is 0. The normalized spacial score (nSPS) is 10.9. The average Bonchev–Trinajstić information content (AvgIpc) is 3.57. The molecule has 0 N–H and O–H groups in total. The van der Waals surface area contributed by atoms with Gasteiger partial charge in [0.15, 0.2) is 0 Å². The molecule has 34 heavy (non-hydrogen) atoms. The van der Waals surface area contributed by atoms with Gasteiger partial charge in [-0.15, -0.1) is 22.7 Å². The van der Waals surface area contributed by atoms with Gasteiger partial charge in [-0.05, 0) is 42.7 Å². The molecule has 3 heteroatoms. The highest BCUT2D eigenvalue weighted by molar-refractivity contribution is 7.10. The van der Waals surface area contributed by atoms with Crippen molar-refractivity contribution in [2.24, 2.45) is 0 Å². The minimum absolute atomic E-state index is 1.33. The van der Waals surface area contributed by atoms with Crippen LogP contribution in [0.1, 0.15) is 153 Å². The highest BCUT2D eigenvalue weighted by Gasteiger charge is 2.04. The van der Waals surface area contributed by atoms with Crippen LogP contribution in [0.2, 0.25) is 0 Å². The fourth-order valence-electron chi connectivity index (χ4n) is 4.56. The number of thiophene rings is 1. The monoisotopic (exact) mass is 505 g/mol. The summed E-state index contributed by atoms with van der Waals surface area (Å²) >= 11 is 3.61. The third-order valence-electron chi connectivity index (χ3n) is 6.74. The first-order chi connectivity index (χ1) is 16.9. The van der Waals surface area contributed by atoms with Crippen LogP contribution in [0.3, 0.4) is 0 Å². The van der Waals surface area contributed by atoms with E-state index in [1.807, 2.05) is 16.7 Å². The molecule has 0 radical (unpaired) electrons. The number of unbranched alkanes of at least 4 members (excludes halogenated alkanes) is 18. The molecule has 2 aromatic rings. The predicted molar refractivity (Wildman–Crippen MR) is 158 cm³/mol. The van der Waals surface area contributed by atoms with Gasteiger partial charge in [0.25, 0.3) is 0 Å². The average molecular weight is 506 g/mol. The third kappa shape index (κ3) is 19.6. The van der Waals surface area contributed by atoms with Gasteiger partial charge in [-0.25, -0.2) is 0 Å². The second kappa shape index (κ2) is 25.4. The fourth-order valence-corrected chi connectivity index (χ4v) is 5.89. The molecule has 0 spiro atoms. The smallest absolute Gasteiger partial charge is 0.0791 e. The molecule has 0 unspecified atom stereocenters. The Balaban J connectivity index is 0.00000102. The van der Waals surface area contributed by atoms with Crippen LogP contribution in [0.15, 0.2) is 28.5 Å². The van der Waals surface area contributed by atoms with Crippen molar-refractivity contribution in [2.45, 2.75) is 155 Å². The van der Waals surface area contributed by atoms with E-state index in [0.29, 0.717) is 0 Å². The van der Waals surface area contributed by atoms with Gasteiger partial charge in [0.2, 0.25) is 0 Å². The van der Waals surface area contributed by atoms with Crippen LogP contribution in [0, 0.1) is 0 Å². The zero-order valence-corrected chi connectivity index (χ0v) is 24.3. The summed E-state index contributed by atoms with van der Waals surface area (Å²) in [6.45, 7) is 4.60. The minimum Gasteiger partial charge on any atom is -0.253 e. The fraction of sp³-hybridized carbons (Fsp3) is 0.774. The largest absolute Gasteiger partial charge is 0.253 e. The van der Waals surface area contributed by atoms with Crippen LogP contribution < -0.4 is 0 Å². The van der Waals surface area contributed by atoms with Crippen molar-refractivity contribution in [2.75, 3.05) is 0 Å². The van der Waals surface area contributed by atoms with Crippen molar-refractivity contribution in [3.8, 4) is 0 Å². The highest BCUT2D eigenvalue weighted by Crippen LogP contribution is 2.23. The SMILES string of the molecule is CCCCCCCCCCCCc1ccsc1CCCCCCCCCCCC.c1cscn1. The van der Waals surface area contributed by atoms with Gasteiger partial charge in [-0.3, -0.25) is 4.98 Å². The number of rotatable bonds is 22. The van der Waals surface area contributed by atoms with Crippen molar-refractivity contribution in [3.63, 3.8) is 0 Å². The number of thiazole rings is 1. The van der Waals surface area contributed by atoms with Crippen LogP contribution >= 0.6 is 22.7 Å². The summed E-state index contributed by atoms with van der Waals surface area (Å²) in [6.07, 6.45) is 33.2. The lowest BCUT2D eigenvalue weighted by Gasteiger charge is -2.05. The van der Waals surface area contributed by atoms with Crippen LogP contribution in [0.25, 0.3) is 0 Å². The number of aryl methyl sites for hydroxylation is 2. The molecule has 0 bridgehead atoms. The molecule has 0 aliphatic rings. The van der Waals surface area contributed by atoms with E-state index in [1.165, 1.54) is 141 Å². The Kier molecular flexibility index (Phi) is 23.4. The first kappa shape index (κ1) is 31.4. The highest BCUT2D eigenvalue weighted by atomic mass is 32.1. The summed E-state index contributed by atoms with van der Waals surface area (Å²) < 4.78 is 0. The summed E-state index contributed by atoms with van der Waals surface area (Å²) in [7, 11) is 0. The Morgan fingerprint density at radius 3 is 1.44 bits per heavy atom. The molecule has 0 fully saturated rings. The first-order valence-electron chi connectivity index (χ1n) is 14.8. The second-order valence-electron chi connectivity index (χ2n) is 9.91. The van der Waals surface area contributed by atoms with Crippen LogP contribution in [-0.4, -0.2) is 4.98 Å². The lowest BCUT2D eigenvalue weighted by atomic mass is 10.0. The number of hydrogen-bond acceptors (Lipinski definition) is 3. The molecule has 1 nitrogen and oxygen atoms in total. The molecule has 196 valence electrons. The molecule has 0 saturated heterocycles. The maximum atomic E-state index is 3.74. The van der Waals surface area contributed by atoms with Crippen LogP contribution in [-0.2, 0) is 12.8 Å². The van der Waals surface area contributed by atoms with E-state index in [-0.39, 0.29) is 0 Å². The molecule has 2 heterocycles. The third-order valence-corrected chi connectivity index (χ3v) is 8.29. The van der Waals surface area contributed by atoms with Gasteiger partial charge in [0.1, 0.15) is 0 Å². The molecule has 0 aromatic carbocycles. The lowest BCUT2D eigenvalue weighted by molar-refractivity contribution is 0.554. The molecule has 0 aliphatic carbocycles. The van der Waals surface area contributed by atoms with Gasteiger partial charge in [-0.2, -0.15) is 0 Å². The van der Waals surface area contributed by atoms with E-state index in [9.17, 15) is 0 Å². The quantitative estimate of drug-likeness (QED) is 0.145. The lowest BCUT2D eigenvalue weighted by Crippen LogP contribution is -1.91. The Morgan fingerprint density at radius 1 is 0.559 bits per heavy atom. The molecule has 0 saturated carbocycles. The van der Waals surface area contributed by atoms with Crippen LogP contribution in [0.4, 0.5) is 0 Å². The van der Waals surface area contributed by atoms with Crippen molar-refractivity contribution < 1.29 is 0 Å². The Hall–Kier alpha value is -0.670. The van der Waals surface area contributed by atoms with Crippen LogP contribution in [0.5, 0.6) is 0 Å². The van der Waals surface area contributed by atoms with Gasteiger partial charge >= 0.3 is 0 Å². The summed E-state index contributed by atoms with van der Waals surface area (Å²) in [5.41, 5.74) is 3.46. The Bertz CT molecular complexity index is 549. The Labute approximate surface area is 221 Å². The van der Waals surface area contributed by atoms with E-state index >= 15 is 0 Å². The van der Waals surface area contributed by atoms with Gasteiger partial charge in [-0.1, -0.05) is 129 Å². The number of aromatic nitrogens is 1. The van der Waals surface area contributed by atoms with Crippen molar-refractivity contribution in [1.82, 2.24) is 4.98 Å². The Morgan fingerprint density at radius 2 is 1.03 bits per heavy atom. The van der Waals surface area contributed by atoms with Crippen molar-refractivity contribution >= 4 is 22.7 Å². The number of nitrogens with zero attached hydrogens (tertiary/aromatic N) is 1. The summed E-state index contributed by atoms with van der Waals surface area (Å²) in [4.78, 5) is 5.44. The topological polar surface area (TPSA) is 12.9 Å². The molecular weight excluding hydrogens is 450 g/mol. The van der Waals surface area contributed by atoms with Crippen molar-refractivity contribution in [1.29, 1.82) is 0 Å². The molecule has 0 aliphatic heterocycles. The zero-order chi connectivity index (χ0) is 24.4. The zero-order valence-electron chi connectivity index (χ0n) is 22.7. The van der Waals surface area contributed by atoms with E-state index < -0.39 is 0 Å². The van der Waals surface area contributed by atoms with E-state index in [2.05, 4.69) is 30.3 Å². The number of hydrogen-bond donors (Lipinski definition) is 0. The van der Waals surface area contributed by atoms with E-state index in [0.717, 1.165) is 0 Å². The standard InChI is InChI=1S/C28H52S.C3H3NS/c1-3-5-7-9-11-13-15-17-19-21-23-27-25-26-29-28(27)24-22-20-18-16-14-12-10-8-6-4-2;1-2-5-3-4-1/h25-26H,3-24H2,1-2H3;1-3H. The maximum Gasteiger partial charge on any atom is 0.0791 e. The molecule has 2 rings (SSSR count). The van der Waals surface area contributed by atoms with E-state index in [1.54, 1.807) is 33.5 Å². The van der Waals surface area contributed by atoms with E-state index in [4.69, 9.17) is 0 Å². The summed E-state index contributed by atoms with van der Waals surface area (Å²) in [6, 6.07) is 2.41. The van der Waals surface area contributed by atoms with Gasteiger partial charge < -0.3 is 0 Å². The molecule has 0 amide bonds. The molecule has 2 aromatic heterocycles. The maximum absolute atomic E-state index is 3.74. The minimum atomic E-state index is 1.33. The molecular formula is C31H55NS2. The summed E-state index contributed by atoms with van der Waals surface area (Å²) in [5, 5.41) is 4.26.